The van der Waals surface area contributed by atoms with E-state index in [9.17, 15) is 5.11 Å². The third kappa shape index (κ3) is 2.58. The van der Waals surface area contributed by atoms with Gasteiger partial charge in [0.15, 0.2) is 0 Å². The van der Waals surface area contributed by atoms with Crippen LogP contribution < -0.4 is 0 Å². The van der Waals surface area contributed by atoms with E-state index in [0.717, 1.165) is 16.8 Å². The van der Waals surface area contributed by atoms with Crippen molar-refractivity contribution < 1.29 is 5.11 Å². The Balaban J connectivity index is 2.78. The Kier molecular flexibility index (Phi) is 3.63. The predicted molar refractivity (Wildman–Crippen MR) is 83.1 cm³/mol. The molecule has 0 unspecified atom stereocenters. The van der Waals surface area contributed by atoms with Crippen LogP contribution in [0, 0.1) is 6.92 Å². The van der Waals surface area contributed by atoms with E-state index < -0.39 is 0 Å². The Bertz CT molecular complexity index is 618. The molecule has 20 heavy (non-hydrogen) atoms. The molecule has 0 radical (unpaired) electrons. The molecule has 0 aliphatic rings. The summed E-state index contributed by atoms with van der Waals surface area (Å²) in [4.78, 5) is 0. The molecule has 0 aliphatic carbocycles. The Morgan fingerprint density at radius 3 is 2.35 bits per heavy atom. The van der Waals surface area contributed by atoms with Gasteiger partial charge in [0.1, 0.15) is 0 Å². The summed E-state index contributed by atoms with van der Waals surface area (Å²) in [6.45, 7) is 12.6. The van der Waals surface area contributed by atoms with Crippen LogP contribution in [0.15, 0.2) is 24.3 Å². The van der Waals surface area contributed by atoms with Gasteiger partial charge in [0.25, 0.3) is 0 Å². The van der Waals surface area contributed by atoms with Crippen LogP contribution in [0.25, 0.3) is 11.3 Å². The molecule has 1 aromatic carbocycles. The summed E-state index contributed by atoms with van der Waals surface area (Å²) >= 11 is 0. The first-order valence-corrected chi connectivity index (χ1v) is 7.11. The van der Waals surface area contributed by atoms with Gasteiger partial charge in [-0.1, -0.05) is 44.5 Å². The predicted octanol–water partition coefficient (Wildman–Crippen LogP) is 4.44. The Labute approximate surface area is 121 Å². The average molecular weight is 272 g/mol. The van der Waals surface area contributed by atoms with E-state index in [1.807, 2.05) is 10.7 Å². The standard InChI is InChI=1S/C17H24N2O/c1-11(2)19-15(13-9-7-8-12(3)10-13)14(16(20)18-19)17(4,5)6/h7-11H,1-6H3,(H,18,20). The zero-order valence-electron chi connectivity index (χ0n) is 13.2. The second-order valence-electron chi connectivity index (χ2n) is 6.71. The van der Waals surface area contributed by atoms with Crippen LogP contribution in [-0.2, 0) is 5.41 Å². The van der Waals surface area contributed by atoms with Crippen molar-refractivity contribution in [3.63, 3.8) is 0 Å². The lowest BCUT2D eigenvalue weighted by Crippen LogP contribution is -2.13. The normalized spacial score (nSPS) is 12.2. The number of benzene rings is 1. The number of hydrogen-bond acceptors (Lipinski definition) is 2. The molecule has 0 saturated carbocycles. The monoisotopic (exact) mass is 272 g/mol. The fraction of sp³-hybridized carbons (Fsp3) is 0.471. The second kappa shape index (κ2) is 4.97. The summed E-state index contributed by atoms with van der Waals surface area (Å²) < 4.78 is 1.92. The van der Waals surface area contributed by atoms with Gasteiger partial charge in [0.05, 0.1) is 5.69 Å². The second-order valence-corrected chi connectivity index (χ2v) is 6.71. The first kappa shape index (κ1) is 14.6. The number of rotatable bonds is 2. The highest BCUT2D eigenvalue weighted by molar-refractivity contribution is 5.68. The third-order valence-corrected chi connectivity index (χ3v) is 3.42. The minimum absolute atomic E-state index is 0.141. The van der Waals surface area contributed by atoms with Gasteiger partial charge in [-0.25, -0.2) is 0 Å². The van der Waals surface area contributed by atoms with Crippen molar-refractivity contribution in [3.05, 3.63) is 35.4 Å². The number of nitrogens with zero attached hydrogens (tertiary/aromatic N) is 2. The molecular formula is C17H24N2O. The summed E-state index contributed by atoms with van der Waals surface area (Å²) in [6.07, 6.45) is 0. The smallest absolute Gasteiger partial charge is 0.234 e. The van der Waals surface area contributed by atoms with E-state index in [1.54, 1.807) is 0 Å². The molecular weight excluding hydrogens is 248 g/mol. The molecule has 0 aliphatic heterocycles. The number of hydrogen-bond donors (Lipinski definition) is 1. The van der Waals surface area contributed by atoms with Crippen molar-refractivity contribution in [2.45, 2.75) is 53.0 Å². The molecule has 0 fully saturated rings. The van der Waals surface area contributed by atoms with Gasteiger partial charge in [-0.05, 0) is 32.3 Å². The topological polar surface area (TPSA) is 38.1 Å². The molecule has 0 saturated heterocycles. The van der Waals surface area contributed by atoms with Crippen LogP contribution >= 0.6 is 0 Å². The van der Waals surface area contributed by atoms with Crippen molar-refractivity contribution in [1.29, 1.82) is 0 Å². The largest absolute Gasteiger partial charge is 0.492 e. The zero-order chi connectivity index (χ0) is 15.1. The highest BCUT2D eigenvalue weighted by atomic mass is 16.3. The molecule has 2 aromatic rings. The molecule has 1 N–H and O–H groups in total. The highest BCUT2D eigenvalue weighted by Gasteiger charge is 2.29. The van der Waals surface area contributed by atoms with Gasteiger partial charge < -0.3 is 5.11 Å². The van der Waals surface area contributed by atoms with Gasteiger partial charge >= 0.3 is 0 Å². The number of aryl methyl sites for hydroxylation is 1. The Hall–Kier alpha value is -1.77. The molecule has 108 valence electrons. The Morgan fingerprint density at radius 1 is 1.20 bits per heavy atom. The molecule has 0 bridgehead atoms. The van der Waals surface area contributed by atoms with Crippen LogP contribution in [-0.4, -0.2) is 14.9 Å². The summed E-state index contributed by atoms with van der Waals surface area (Å²) in [5.41, 5.74) is 4.09. The van der Waals surface area contributed by atoms with Crippen molar-refractivity contribution in [2.24, 2.45) is 0 Å². The molecule has 1 aromatic heterocycles. The molecule has 0 amide bonds. The van der Waals surface area contributed by atoms with Crippen LogP contribution in [0.5, 0.6) is 5.88 Å². The quantitative estimate of drug-likeness (QED) is 0.877. The van der Waals surface area contributed by atoms with E-state index in [0.29, 0.717) is 0 Å². The van der Waals surface area contributed by atoms with E-state index in [-0.39, 0.29) is 17.3 Å². The van der Waals surface area contributed by atoms with Gasteiger partial charge in [-0.15, -0.1) is 5.10 Å². The average Bonchev–Trinajstić information content (AvgIpc) is 2.66. The summed E-state index contributed by atoms with van der Waals surface area (Å²) in [6, 6.07) is 8.55. The van der Waals surface area contributed by atoms with E-state index >= 15 is 0 Å². The minimum Gasteiger partial charge on any atom is -0.492 e. The van der Waals surface area contributed by atoms with Gasteiger partial charge in [-0.2, -0.15) is 0 Å². The van der Waals surface area contributed by atoms with E-state index in [2.05, 4.69) is 64.8 Å². The first-order chi connectivity index (χ1) is 9.21. The molecule has 2 rings (SSSR count). The van der Waals surface area contributed by atoms with Crippen molar-refractivity contribution in [2.75, 3.05) is 0 Å². The van der Waals surface area contributed by atoms with Crippen molar-refractivity contribution in [1.82, 2.24) is 9.78 Å². The fourth-order valence-electron chi connectivity index (χ4n) is 2.56. The number of aromatic hydroxyl groups is 1. The molecule has 0 atom stereocenters. The lowest BCUT2D eigenvalue weighted by molar-refractivity contribution is 0.414. The summed E-state index contributed by atoms with van der Waals surface area (Å²) in [7, 11) is 0. The molecule has 3 nitrogen and oxygen atoms in total. The van der Waals surface area contributed by atoms with Gasteiger partial charge in [0, 0.05) is 17.2 Å². The highest BCUT2D eigenvalue weighted by Crippen LogP contribution is 2.40. The fourth-order valence-corrected chi connectivity index (χ4v) is 2.56. The van der Waals surface area contributed by atoms with Gasteiger partial charge in [-0.3, -0.25) is 4.68 Å². The lowest BCUT2D eigenvalue weighted by Gasteiger charge is -2.21. The lowest BCUT2D eigenvalue weighted by atomic mass is 9.85. The summed E-state index contributed by atoms with van der Waals surface area (Å²) in [5, 5.41) is 14.7. The molecule has 0 spiro atoms. The maximum atomic E-state index is 10.3. The van der Waals surface area contributed by atoms with Crippen molar-refractivity contribution in [3.8, 4) is 17.1 Å². The van der Waals surface area contributed by atoms with Crippen LogP contribution in [0.1, 0.15) is 51.8 Å². The zero-order valence-corrected chi connectivity index (χ0v) is 13.2. The minimum atomic E-state index is -0.156. The van der Waals surface area contributed by atoms with Crippen LogP contribution in [0.3, 0.4) is 0 Å². The third-order valence-electron chi connectivity index (χ3n) is 3.42. The van der Waals surface area contributed by atoms with Crippen LogP contribution in [0.4, 0.5) is 0 Å². The van der Waals surface area contributed by atoms with Crippen LogP contribution in [0.2, 0.25) is 0 Å². The first-order valence-electron chi connectivity index (χ1n) is 7.11. The maximum Gasteiger partial charge on any atom is 0.234 e. The SMILES string of the molecule is Cc1cccc(-c2c(C(C)(C)C)c(O)nn2C(C)C)c1. The maximum absolute atomic E-state index is 10.3. The molecule has 3 heteroatoms. The Morgan fingerprint density at radius 2 is 1.85 bits per heavy atom. The van der Waals surface area contributed by atoms with Gasteiger partial charge in [0.2, 0.25) is 5.88 Å². The molecule has 1 heterocycles. The summed E-state index contributed by atoms with van der Waals surface area (Å²) in [5.74, 6) is 0.141. The van der Waals surface area contributed by atoms with Crippen molar-refractivity contribution >= 4 is 0 Å². The van der Waals surface area contributed by atoms with E-state index in [1.165, 1.54) is 5.56 Å². The van der Waals surface area contributed by atoms with E-state index in [4.69, 9.17) is 0 Å². The number of aromatic nitrogens is 2.